The van der Waals surface area contributed by atoms with Gasteiger partial charge in [-0.15, -0.1) is 0 Å². The van der Waals surface area contributed by atoms with Crippen LogP contribution in [0.3, 0.4) is 0 Å². The van der Waals surface area contributed by atoms with Gasteiger partial charge in [0.05, 0.1) is 0 Å². The Labute approximate surface area is 115 Å². The van der Waals surface area contributed by atoms with E-state index >= 15 is 0 Å². The van der Waals surface area contributed by atoms with Crippen molar-refractivity contribution in [1.29, 1.82) is 0 Å². The van der Waals surface area contributed by atoms with Crippen molar-refractivity contribution in [2.45, 2.75) is 12.8 Å². The molecule has 1 unspecified atom stereocenters. The van der Waals surface area contributed by atoms with Gasteiger partial charge in [0.1, 0.15) is 0 Å². The van der Waals surface area contributed by atoms with Gasteiger partial charge < -0.3 is 15.5 Å². The molecule has 4 heteroatoms. The Morgan fingerprint density at radius 2 is 2.11 bits per heavy atom. The summed E-state index contributed by atoms with van der Waals surface area (Å²) >= 11 is 0. The molecule has 1 aliphatic heterocycles. The highest BCUT2D eigenvalue weighted by Crippen LogP contribution is 2.17. The van der Waals surface area contributed by atoms with E-state index in [1.54, 1.807) is 0 Å². The maximum Gasteiger partial charge on any atom is 0.222 e. The number of anilines is 1. The molecule has 19 heavy (non-hydrogen) atoms. The number of nitrogens with two attached hydrogens (primary N) is 1. The van der Waals surface area contributed by atoms with Crippen LogP contribution in [0.2, 0.25) is 0 Å². The van der Waals surface area contributed by atoms with Crippen LogP contribution in [0.15, 0.2) is 30.3 Å². The van der Waals surface area contributed by atoms with Gasteiger partial charge in [0.15, 0.2) is 0 Å². The largest absolute Gasteiger partial charge is 0.375 e. The van der Waals surface area contributed by atoms with Crippen LogP contribution in [-0.2, 0) is 4.79 Å². The highest BCUT2D eigenvalue weighted by molar-refractivity contribution is 5.78. The Morgan fingerprint density at radius 3 is 2.74 bits per heavy atom. The van der Waals surface area contributed by atoms with Gasteiger partial charge in [-0.1, -0.05) is 18.2 Å². The van der Waals surface area contributed by atoms with Crippen molar-refractivity contribution in [3.63, 3.8) is 0 Å². The fraction of sp³-hybridized carbons (Fsp3) is 0.533. The molecule has 0 saturated carbocycles. The monoisotopic (exact) mass is 261 g/mol. The van der Waals surface area contributed by atoms with Gasteiger partial charge in [0.2, 0.25) is 5.91 Å². The van der Waals surface area contributed by atoms with E-state index in [2.05, 4.69) is 24.1 Å². The summed E-state index contributed by atoms with van der Waals surface area (Å²) in [6.07, 6.45) is 1.62. The van der Waals surface area contributed by atoms with E-state index in [1.165, 1.54) is 5.69 Å². The summed E-state index contributed by atoms with van der Waals surface area (Å²) in [7, 11) is 2.09. The zero-order valence-electron chi connectivity index (χ0n) is 11.6. The first-order valence-electron chi connectivity index (χ1n) is 6.94. The van der Waals surface area contributed by atoms with Gasteiger partial charge in [-0.05, 0) is 31.0 Å². The average molecular weight is 261 g/mol. The van der Waals surface area contributed by atoms with Crippen LogP contribution in [0.25, 0.3) is 0 Å². The second-order valence-corrected chi connectivity index (χ2v) is 5.26. The lowest BCUT2D eigenvalue weighted by molar-refractivity contribution is -0.127. The lowest BCUT2D eigenvalue weighted by Gasteiger charge is -2.22. The Balaban J connectivity index is 1.74. The van der Waals surface area contributed by atoms with Crippen molar-refractivity contribution in [3.8, 4) is 0 Å². The molecule has 1 heterocycles. The molecule has 0 radical (unpaired) electrons. The maximum absolute atomic E-state index is 11.7. The molecule has 1 atom stereocenters. The average Bonchev–Trinajstić information content (AvgIpc) is 2.80. The first-order chi connectivity index (χ1) is 9.20. The fourth-order valence-corrected chi connectivity index (χ4v) is 2.54. The number of carbonyl (C=O) groups excluding carboxylic acids is 1. The van der Waals surface area contributed by atoms with Crippen molar-refractivity contribution < 1.29 is 4.79 Å². The normalized spacial score (nSPS) is 18.9. The molecule has 0 aromatic heterocycles. The number of carbonyl (C=O) groups is 1. The minimum atomic E-state index is 0.262. The third kappa shape index (κ3) is 3.70. The summed E-state index contributed by atoms with van der Waals surface area (Å²) in [5.74, 6) is 0.622. The predicted octanol–water partition coefficient (Wildman–Crippen LogP) is 1.32. The van der Waals surface area contributed by atoms with E-state index in [9.17, 15) is 4.79 Å². The molecule has 104 valence electrons. The quantitative estimate of drug-likeness (QED) is 0.840. The summed E-state index contributed by atoms with van der Waals surface area (Å²) in [5.41, 5.74) is 6.84. The number of hydrogen-bond donors (Lipinski definition) is 1. The van der Waals surface area contributed by atoms with Crippen LogP contribution >= 0.6 is 0 Å². The van der Waals surface area contributed by atoms with E-state index in [4.69, 9.17) is 5.73 Å². The minimum Gasteiger partial charge on any atom is -0.375 e. The molecule has 2 rings (SSSR count). The zero-order chi connectivity index (χ0) is 13.7. The van der Waals surface area contributed by atoms with Gasteiger partial charge in [0, 0.05) is 38.8 Å². The summed E-state index contributed by atoms with van der Waals surface area (Å²) in [4.78, 5) is 15.9. The molecule has 1 aliphatic rings. The van der Waals surface area contributed by atoms with Crippen molar-refractivity contribution in [2.24, 2.45) is 11.7 Å². The van der Waals surface area contributed by atoms with Crippen molar-refractivity contribution in [2.75, 3.05) is 38.1 Å². The van der Waals surface area contributed by atoms with Crippen molar-refractivity contribution in [1.82, 2.24) is 4.90 Å². The highest BCUT2D eigenvalue weighted by atomic mass is 16.2. The molecule has 4 nitrogen and oxygen atoms in total. The molecule has 0 spiro atoms. The summed E-state index contributed by atoms with van der Waals surface area (Å²) < 4.78 is 0. The molecule has 2 N–H and O–H groups in total. The van der Waals surface area contributed by atoms with Gasteiger partial charge >= 0.3 is 0 Å². The van der Waals surface area contributed by atoms with Crippen LogP contribution in [0.1, 0.15) is 12.8 Å². The molecule has 1 amide bonds. The first kappa shape index (κ1) is 13.9. The molecule has 1 aromatic rings. The second-order valence-electron chi connectivity index (χ2n) is 5.26. The number of likely N-dealkylation sites (tertiary alicyclic amines) is 1. The standard InChI is InChI=1S/C15H23N3O/c1-17(14-6-3-2-4-7-14)8-5-9-18-12-13(11-16)10-15(18)19/h2-4,6-7,13H,5,8-12,16H2,1H3. The van der Waals surface area contributed by atoms with Crippen LogP contribution in [-0.4, -0.2) is 44.0 Å². The van der Waals surface area contributed by atoms with E-state index in [0.717, 1.165) is 26.1 Å². The van der Waals surface area contributed by atoms with Crippen molar-refractivity contribution in [3.05, 3.63) is 30.3 Å². The number of nitrogens with zero attached hydrogens (tertiary/aromatic N) is 2. The Hall–Kier alpha value is -1.55. The van der Waals surface area contributed by atoms with Crippen LogP contribution in [0, 0.1) is 5.92 Å². The van der Waals surface area contributed by atoms with Gasteiger partial charge in [-0.25, -0.2) is 0 Å². The molecular weight excluding hydrogens is 238 g/mol. The smallest absolute Gasteiger partial charge is 0.222 e. The first-order valence-corrected chi connectivity index (χ1v) is 6.94. The highest BCUT2D eigenvalue weighted by Gasteiger charge is 2.27. The fourth-order valence-electron chi connectivity index (χ4n) is 2.54. The topological polar surface area (TPSA) is 49.6 Å². The molecular formula is C15H23N3O. The SMILES string of the molecule is CN(CCCN1CC(CN)CC1=O)c1ccccc1. The molecule has 0 bridgehead atoms. The number of rotatable bonds is 6. The molecule has 0 aliphatic carbocycles. The van der Waals surface area contributed by atoms with E-state index in [1.807, 2.05) is 23.1 Å². The third-order valence-corrected chi connectivity index (χ3v) is 3.75. The molecule has 1 saturated heterocycles. The summed E-state index contributed by atoms with van der Waals surface area (Å²) in [5, 5.41) is 0. The Kier molecular flexibility index (Phi) is 4.80. The van der Waals surface area contributed by atoms with Gasteiger partial charge in [-0.2, -0.15) is 0 Å². The molecule has 1 aromatic carbocycles. The van der Waals surface area contributed by atoms with Crippen molar-refractivity contribution >= 4 is 11.6 Å². The lowest BCUT2D eigenvalue weighted by Crippen LogP contribution is -2.30. The van der Waals surface area contributed by atoms with Crippen LogP contribution < -0.4 is 10.6 Å². The maximum atomic E-state index is 11.7. The summed E-state index contributed by atoms with van der Waals surface area (Å²) in [6.45, 7) is 3.25. The van der Waals surface area contributed by atoms with E-state index in [0.29, 0.717) is 18.9 Å². The Bertz CT molecular complexity index is 407. The second kappa shape index (κ2) is 6.57. The summed E-state index contributed by atoms with van der Waals surface area (Å²) in [6, 6.07) is 10.3. The molecule has 1 fully saturated rings. The Morgan fingerprint density at radius 1 is 1.37 bits per heavy atom. The van der Waals surface area contributed by atoms with Gasteiger partial charge in [-0.3, -0.25) is 4.79 Å². The number of para-hydroxylation sites is 1. The van der Waals surface area contributed by atoms with E-state index < -0.39 is 0 Å². The number of benzene rings is 1. The lowest BCUT2D eigenvalue weighted by atomic mass is 10.1. The minimum absolute atomic E-state index is 0.262. The third-order valence-electron chi connectivity index (χ3n) is 3.75. The van der Waals surface area contributed by atoms with Crippen LogP contribution in [0.4, 0.5) is 5.69 Å². The number of amides is 1. The zero-order valence-corrected chi connectivity index (χ0v) is 11.6. The van der Waals surface area contributed by atoms with E-state index in [-0.39, 0.29) is 5.91 Å². The number of hydrogen-bond acceptors (Lipinski definition) is 3. The van der Waals surface area contributed by atoms with Crippen LogP contribution in [0.5, 0.6) is 0 Å². The van der Waals surface area contributed by atoms with Gasteiger partial charge in [0.25, 0.3) is 0 Å². The predicted molar refractivity (Wildman–Crippen MR) is 78.1 cm³/mol.